The van der Waals surface area contributed by atoms with E-state index >= 15 is 0 Å². The summed E-state index contributed by atoms with van der Waals surface area (Å²) in [5.74, 6) is 0.770. The maximum Gasteiger partial charge on any atom is 0.198 e. The molecule has 2 N–H and O–H groups in total. The van der Waals surface area contributed by atoms with Crippen LogP contribution in [0.4, 0.5) is 5.69 Å². The fourth-order valence-electron chi connectivity index (χ4n) is 1.75. The molecule has 0 aliphatic carbocycles. The van der Waals surface area contributed by atoms with Crippen molar-refractivity contribution in [3.63, 3.8) is 0 Å². The van der Waals surface area contributed by atoms with E-state index in [1.54, 1.807) is 0 Å². The average Bonchev–Trinajstić information content (AvgIpc) is 2.78. The minimum atomic E-state index is -0.530. The van der Waals surface area contributed by atoms with Gasteiger partial charge in [-0.2, -0.15) is 0 Å². The highest BCUT2D eigenvalue weighted by molar-refractivity contribution is 5.94. The van der Waals surface area contributed by atoms with E-state index in [0.29, 0.717) is 19.6 Å². The first-order valence-electron chi connectivity index (χ1n) is 5.75. The molecule has 1 heterocycles. The third kappa shape index (κ3) is 3.34. The van der Waals surface area contributed by atoms with Crippen LogP contribution in [0.25, 0.3) is 0 Å². The molecule has 0 unspecified atom stereocenters. The van der Waals surface area contributed by atoms with Crippen LogP contribution in [0.2, 0.25) is 0 Å². The van der Waals surface area contributed by atoms with Crippen molar-refractivity contribution in [3.8, 4) is 0 Å². The third-order valence-electron chi connectivity index (χ3n) is 2.58. The standard InChI is InChI=1S/C11H15N5O2/c17-16(18)13-7-9-15-8-6-12-11(15)14-10-4-2-1-3-5-10/h1-5,13H,6-9H2,(H,12,14). The minimum Gasteiger partial charge on any atom is -0.339 e. The van der Waals surface area contributed by atoms with Gasteiger partial charge in [-0.3, -0.25) is 4.99 Å². The highest BCUT2D eigenvalue weighted by Crippen LogP contribution is 2.09. The minimum absolute atomic E-state index is 0.294. The van der Waals surface area contributed by atoms with E-state index in [1.807, 2.05) is 35.2 Å². The van der Waals surface area contributed by atoms with Crippen LogP contribution in [0.3, 0.4) is 0 Å². The number of aliphatic imine (C=N–C) groups is 1. The van der Waals surface area contributed by atoms with E-state index in [4.69, 9.17) is 0 Å². The van der Waals surface area contributed by atoms with Crippen LogP contribution >= 0.6 is 0 Å². The Morgan fingerprint density at radius 3 is 2.89 bits per heavy atom. The molecule has 7 nitrogen and oxygen atoms in total. The molecule has 0 radical (unpaired) electrons. The Morgan fingerprint density at radius 1 is 1.39 bits per heavy atom. The van der Waals surface area contributed by atoms with Gasteiger partial charge in [0.15, 0.2) is 11.0 Å². The van der Waals surface area contributed by atoms with E-state index in [1.165, 1.54) is 0 Å². The van der Waals surface area contributed by atoms with Gasteiger partial charge in [0.2, 0.25) is 0 Å². The zero-order valence-electron chi connectivity index (χ0n) is 9.87. The fourth-order valence-corrected chi connectivity index (χ4v) is 1.75. The van der Waals surface area contributed by atoms with Crippen LogP contribution < -0.4 is 10.7 Å². The molecule has 0 aromatic heterocycles. The number of nitrogens with one attached hydrogen (secondary N) is 2. The van der Waals surface area contributed by atoms with Crippen molar-refractivity contribution in [2.45, 2.75) is 0 Å². The number of hydrogen-bond acceptors (Lipinski definition) is 5. The van der Waals surface area contributed by atoms with E-state index < -0.39 is 5.03 Å². The molecular formula is C11H15N5O2. The fraction of sp³-hybridized carbons (Fsp3) is 0.364. The summed E-state index contributed by atoms with van der Waals surface area (Å²) < 4.78 is 0. The molecule has 7 heteroatoms. The number of nitro groups is 1. The van der Waals surface area contributed by atoms with Crippen molar-refractivity contribution >= 4 is 11.6 Å². The Balaban J connectivity index is 1.86. The summed E-state index contributed by atoms with van der Waals surface area (Å²) in [4.78, 5) is 16.5. The first-order chi connectivity index (χ1) is 8.75. The molecular weight excluding hydrogens is 234 g/mol. The molecule has 18 heavy (non-hydrogen) atoms. The third-order valence-corrected chi connectivity index (χ3v) is 2.58. The number of hydrazine groups is 1. The average molecular weight is 249 g/mol. The summed E-state index contributed by atoms with van der Waals surface area (Å²) in [5.41, 5.74) is 3.12. The number of benzene rings is 1. The van der Waals surface area contributed by atoms with Crippen LogP contribution in [-0.4, -0.2) is 42.1 Å². The molecule has 0 atom stereocenters. The van der Waals surface area contributed by atoms with Crippen LogP contribution in [-0.2, 0) is 0 Å². The topological polar surface area (TPSA) is 82.8 Å². The number of rotatable bonds is 5. The normalized spacial score (nSPS) is 14.2. The molecule has 1 aromatic rings. The zero-order valence-corrected chi connectivity index (χ0v) is 9.87. The van der Waals surface area contributed by atoms with Gasteiger partial charge in [-0.05, 0) is 12.1 Å². The van der Waals surface area contributed by atoms with Crippen molar-refractivity contribution in [2.75, 3.05) is 31.5 Å². The Labute approximate surface area is 105 Å². The smallest absolute Gasteiger partial charge is 0.198 e. The largest absolute Gasteiger partial charge is 0.339 e. The number of nitrogens with zero attached hydrogens (tertiary/aromatic N) is 3. The van der Waals surface area contributed by atoms with E-state index in [-0.39, 0.29) is 0 Å². The number of para-hydroxylation sites is 1. The van der Waals surface area contributed by atoms with Gasteiger partial charge >= 0.3 is 0 Å². The molecule has 96 valence electrons. The Morgan fingerprint density at radius 2 is 2.17 bits per heavy atom. The van der Waals surface area contributed by atoms with E-state index in [9.17, 15) is 10.1 Å². The zero-order chi connectivity index (χ0) is 12.8. The first-order valence-corrected chi connectivity index (χ1v) is 5.75. The van der Waals surface area contributed by atoms with Gasteiger partial charge in [0.25, 0.3) is 0 Å². The Hall–Kier alpha value is -2.31. The predicted molar refractivity (Wildman–Crippen MR) is 68.9 cm³/mol. The summed E-state index contributed by atoms with van der Waals surface area (Å²) in [6.45, 7) is 2.35. The van der Waals surface area contributed by atoms with Gasteiger partial charge in [0.1, 0.15) is 0 Å². The van der Waals surface area contributed by atoms with Gasteiger partial charge in [0, 0.05) is 18.8 Å². The monoisotopic (exact) mass is 249 g/mol. The maximum absolute atomic E-state index is 10.2. The second kappa shape index (κ2) is 5.85. The van der Waals surface area contributed by atoms with Crippen LogP contribution in [0.15, 0.2) is 35.3 Å². The van der Waals surface area contributed by atoms with Crippen molar-refractivity contribution in [1.82, 2.24) is 10.3 Å². The van der Waals surface area contributed by atoms with Crippen molar-refractivity contribution < 1.29 is 5.03 Å². The lowest BCUT2D eigenvalue weighted by atomic mass is 10.3. The van der Waals surface area contributed by atoms with Crippen molar-refractivity contribution in [1.29, 1.82) is 0 Å². The lowest BCUT2D eigenvalue weighted by Crippen LogP contribution is -2.39. The molecule has 1 aliphatic heterocycles. The molecule has 2 rings (SSSR count). The summed E-state index contributed by atoms with van der Waals surface area (Å²) >= 11 is 0. The molecule has 0 spiro atoms. The van der Waals surface area contributed by atoms with Crippen LogP contribution in [0.5, 0.6) is 0 Å². The molecule has 0 bridgehead atoms. The SMILES string of the molecule is O=[N+]([O-])NCCN1CCN=C1Nc1ccccc1. The summed E-state index contributed by atoms with van der Waals surface area (Å²) in [6, 6.07) is 9.73. The lowest BCUT2D eigenvalue weighted by molar-refractivity contribution is -0.544. The molecule has 1 aromatic carbocycles. The number of guanidine groups is 1. The second-order valence-electron chi connectivity index (χ2n) is 3.85. The lowest BCUT2D eigenvalue weighted by Gasteiger charge is -2.20. The Kier molecular flexibility index (Phi) is 3.95. The predicted octanol–water partition coefficient (Wildman–Crippen LogP) is 0.551. The maximum atomic E-state index is 10.2. The first kappa shape index (κ1) is 12.2. The quantitative estimate of drug-likeness (QED) is 0.588. The second-order valence-corrected chi connectivity index (χ2v) is 3.85. The van der Waals surface area contributed by atoms with Crippen molar-refractivity contribution in [2.24, 2.45) is 4.99 Å². The van der Waals surface area contributed by atoms with Gasteiger partial charge in [-0.1, -0.05) is 18.2 Å². The summed E-state index contributed by atoms with van der Waals surface area (Å²) in [7, 11) is 0. The molecule has 0 saturated carbocycles. The van der Waals surface area contributed by atoms with Crippen molar-refractivity contribution in [3.05, 3.63) is 40.4 Å². The molecule has 0 fully saturated rings. The summed E-state index contributed by atoms with van der Waals surface area (Å²) in [6.07, 6.45) is 0. The van der Waals surface area contributed by atoms with Gasteiger partial charge in [-0.15, -0.1) is 5.43 Å². The van der Waals surface area contributed by atoms with E-state index in [2.05, 4.69) is 15.7 Å². The highest BCUT2D eigenvalue weighted by atomic mass is 16.7. The highest BCUT2D eigenvalue weighted by Gasteiger charge is 2.16. The number of anilines is 1. The number of hydrogen-bond donors (Lipinski definition) is 2. The van der Waals surface area contributed by atoms with Gasteiger partial charge < -0.3 is 10.2 Å². The van der Waals surface area contributed by atoms with Crippen LogP contribution in [0, 0.1) is 10.1 Å². The molecule has 0 saturated heterocycles. The Bertz CT molecular complexity index is 434. The summed E-state index contributed by atoms with van der Waals surface area (Å²) in [5, 5.41) is 12.9. The molecule has 1 aliphatic rings. The van der Waals surface area contributed by atoms with Crippen LogP contribution in [0.1, 0.15) is 0 Å². The van der Waals surface area contributed by atoms with E-state index in [0.717, 1.165) is 18.2 Å². The van der Waals surface area contributed by atoms with Gasteiger partial charge in [-0.25, -0.2) is 10.1 Å². The van der Waals surface area contributed by atoms with Gasteiger partial charge in [0.05, 0.1) is 13.1 Å². The molecule has 0 amide bonds.